The SMILES string of the molecule is CN(C)C1CCN(Cc2ccccc2CCNC2CC2)C1. The van der Waals surface area contributed by atoms with Gasteiger partial charge >= 0.3 is 0 Å². The van der Waals surface area contributed by atoms with Gasteiger partial charge in [0.25, 0.3) is 0 Å². The molecule has 1 aromatic carbocycles. The molecule has 3 rings (SSSR count). The highest BCUT2D eigenvalue weighted by atomic mass is 15.2. The van der Waals surface area contributed by atoms with Crippen molar-refractivity contribution in [3.05, 3.63) is 35.4 Å². The number of nitrogens with zero attached hydrogens (tertiary/aromatic N) is 2. The van der Waals surface area contributed by atoms with Gasteiger partial charge in [-0.1, -0.05) is 24.3 Å². The lowest BCUT2D eigenvalue weighted by Gasteiger charge is -2.21. The molecule has 1 aliphatic carbocycles. The van der Waals surface area contributed by atoms with Crippen LogP contribution in [-0.4, -0.2) is 55.6 Å². The van der Waals surface area contributed by atoms with E-state index < -0.39 is 0 Å². The third-order valence-electron chi connectivity index (χ3n) is 4.89. The molecule has 0 radical (unpaired) electrons. The smallest absolute Gasteiger partial charge is 0.0237 e. The Morgan fingerprint density at radius 1 is 1.14 bits per heavy atom. The molecule has 0 bridgehead atoms. The first kappa shape index (κ1) is 15.0. The topological polar surface area (TPSA) is 18.5 Å². The van der Waals surface area contributed by atoms with Crippen LogP contribution < -0.4 is 5.32 Å². The Balaban J connectivity index is 1.54. The predicted molar refractivity (Wildman–Crippen MR) is 88.5 cm³/mol. The number of nitrogens with one attached hydrogen (secondary N) is 1. The Kier molecular flexibility index (Phi) is 4.94. The second-order valence-electron chi connectivity index (χ2n) is 6.89. The summed E-state index contributed by atoms with van der Waals surface area (Å²) in [5.74, 6) is 0. The first-order valence-corrected chi connectivity index (χ1v) is 8.41. The molecule has 0 amide bonds. The van der Waals surface area contributed by atoms with Crippen molar-refractivity contribution in [1.29, 1.82) is 0 Å². The van der Waals surface area contributed by atoms with Gasteiger partial charge in [-0.05, 0) is 57.5 Å². The molecule has 0 aromatic heterocycles. The van der Waals surface area contributed by atoms with E-state index in [4.69, 9.17) is 0 Å². The molecule has 2 aliphatic rings. The fraction of sp³-hybridized carbons (Fsp3) is 0.667. The van der Waals surface area contributed by atoms with Crippen molar-refractivity contribution in [2.24, 2.45) is 0 Å². The molecule has 2 fully saturated rings. The minimum absolute atomic E-state index is 0.730. The number of likely N-dealkylation sites (N-methyl/N-ethyl adjacent to an activating group) is 1. The largest absolute Gasteiger partial charge is 0.314 e. The van der Waals surface area contributed by atoms with Crippen molar-refractivity contribution in [3.63, 3.8) is 0 Å². The number of benzene rings is 1. The average molecular weight is 287 g/mol. The van der Waals surface area contributed by atoms with E-state index in [9.17, 15) is 0 Å². The van der Waals surface area contributed by atoms with E-state index in [1.165, 1.54) is 43.5 Å². The minimum atomic E-state index is 0.730. The van der Waals surface area contributed by atoms with Gasteiger partial charge in [0.1, 0.15) is 0 Å². The molecule has 21 heavy (non-hydrogen) atoms. The zero-order valence-corrected chi connectivity index (χ0v) is 13.5. The summed E-state index contributed by atoms with van der Waals surface area (Å²) in [6.45, 7) is 4.69. The number of likely N-dealkylation sites (tertiary alicyclic amines) is 1. The molecule has 1 aromatic rings. The number of hydrogen-bond acceptors (Lipinski definition) is 3. The van der Waals surface area contributed by atoms with Crippen LogP contribution in [0.25, 0.3) is 0 Å². The lowest BCUT2D eigenvalue weighted by atomic mass is 10.0. The molecule has 1 saturated carbocycles. The average Bonchev–Trinajstić information content (AvgIpc) is 3.17. The van der Waals surface area contributed by atoms with Gasteiger partial charge in [-0.25, -0.2) is 0 Å². The van der Waals surface area contributed by atoms with Crippen LogP contribution in [0.3, 0.4) is 0 Å². The second-order valence-corrected chi connectivity index (χ2v) is 6.89. The van der Waals surface area contributed by atoms with Crippen LogP contribution in [0.2, 0.25) is 0 Å². The molecule has 1 heterocycles. The van der Waals surface area contributed by atoms with Crippen LogP contribution in [0, 0.1) is 0 Å². The van der Waals surface area contributed by atoms with Gasteiger partial charge in [-0.2, -0.15) is 0 Å². The highest BCUT2D eigenvalue weighted by molar-refractivity contribution is 5.27. The van der Waals surface area contributed by atoms with Gasteiger partial charge in [-0.15, -0.1) is 0 Å². The van der Waals surface area contributed by atoms with Gasteiger partial charge in [0.05, 0.1) is 0 Å². The highest BCUT2D eigenvalue weighted by Gasteiger charge is 2.24. The Morgan fingerprint density at radius 3 is 2.57 bits per heavy atom. The second kappa shape index (κ2) is 6.91. The Hall–Kier alpha value is -0.900. The third-order valence-corrected chi connectivity index (χ3v) is 4.89. The van der Waals surface area contributed by atoms with Gasteiger partial charge < -0.3 is 10.2 Å². The molecule has 3 nitrogen and oxygen atoms in total. The van der Waals surface area contributed by atoms with Crippen LogP contribution in [0.15, 0.2) is 24.3 Å². The minimum Gasteiger partial charge on any atom is -0.314 e. The van der Waals surface area contributed by atoms with Crippen molar-refractivity contribution in [2.75, 3.05) is 33.7 Å². The van der Waals surface area contributed by atoms with Gasteiger partial charge in [0.2, 0.25) is 0 Å². The van der Waals surface area contributed by atoms with Crippen molar-refractivity contribution in [3.8, 4) is 0 Å². The summed E-state index contributed by atoms with van der Waals surface area (Å²) in [7, 11) is 4.40. The summed E-state index contributed by atoms with van der Waals surface area (Å²) in [6.07, 6.45) is 5.22. The standard InChI is InChI=1S/C18H29N3/c1-20(2)18-10-12-21(14-18)13-16-6-4-3-5-15(16)9-11-19-17-7-8-17/h3-6,17-19H,7-14H2,1-2H3. The predicted octanol–water partition coefficient (Wildman–Crippen LogP) is 2.12. The maximum absolute atomic E-state index is 3.63. The van der Waals surface area contributed by atoms with Crippen LogP contribution in [0.4, 0.5) is 0 Å². The van der Waals surface area contributed by atoms with E-state index in [1.807, 2.05) is 0 Å². The van der Waals surface area contributed by atoms with Gasteiger partial charge in [0, 0.05) is 31.7 Å². The van der Waals surface area contributed by atoms with E-state index in [1.54, 1.807) is 0 Å². The van der Waals surface area contributed by atoms with E-state index >= 15 is 0 Å². The van der Waals surface area contributed by atoms with Crippen LogP contribution in [-0.2, 0) is 13.0 Å². The van der Waals surface area contributed by atoms with E-state index in [2.05, 4.69) is 53.5 Å². The highest BCUT2D eigenvalue weighted by Crippen LogP contribution is 2.20. The summed E-state index contributed by atoms with van der Waals surface area (Å²) < 4.78 is 0. The Bertz CT molecular complexity index is 454. The maximum atomic E-state index is 3.63. The summed E-state index contributed by atoms with van der Waals surface area (Å²) in [6, 6.07) is 10.5. The normalized spacial score (nSPS) is 23.1. The van der Waals surface area contributed by atoms with Crippen molar-refractivity contribution >= 4 is 0 Å². The van der Waals surface area contributed by atoms with Gasteiger partial charge in [-0.3, -0.25) is 4.90 Å². The van der Waals surface area contributed by atoms with E-state index in [-0.39, 0.29) is 0 Å². The van der Waals surface area contributed by atoms with Crippen LogP contribution in [0.1, 0.15) is 30.4 Å². The first-order chi connectivity index (χ1) is 10.2. The van der Waals surface area contributed by atoms with Crippen LogP contribution >= 0.6 is 0 Å². The van der Waals surface area contributed by atoms with Crippen molar-refractivity contribution < 1.29 is 0 Å². The van der Waals surface area contributed by atoms with Crippen molar-refractivity contribution in [1.82, 2.24) is 15.1 Å². The van der Waals surface area contributed by atoms with Gasteiger partial charge in [0.15, 0.2) is 0 Å². The molecule has 1 aliphatic heterocycles. The molecule has 1 unspecified atom stereocenters. The maximum Gasteiger partial charge on any atom is 0.0237 e. The Labute approximate surface area is 129 Å². The fourth-order valence-electron chi connectivity index (χ4n) is 3.27. The molecule has 116 valence electrons. The summed E-state index contributed by atoms with van der Waals surface area (Å²) in [5, 5.41) is 3.63. The van der Waals surface area contributed by atoms with Crippen molar-refractivity contribution in [2.45, 2.75) is 44.3 Å². The molecule has 3 heteroatoms. The quantitative estimate of drug-likeness (QED) is 0.829. The summed E-state index contributed by atoms with van der Waals surface area (Å²) in [4.78, 5) is 4.98. The molecule has 1 saturated heterocycles. The summed E-state index contributed by atoms with van der Waals surface area (Å²) in [5.41, 5.74) is 3.05. The molecule has 1 atom stereocenters. The molecule has 1 N–H and O–H groups in total. The Morgan fingerprint density at radius 2 is 1.90 bits per heavy atom. The zero-order chi connectivity index (χ0) is 14.7. The van der Waals surface area contributed by atoms with Crippen LogP contribution in [0.5, 0.6) is 0 Å². The lowest BCUT2D eigenvalue weighted by molar-refractivity contribution is 0.264. The number of rotatable bonds is 7. The summed E-state index contributed by atoms with van der Waals surface area (Å²) >= 11 is 0. The lowest BCUT2D eigenvalue weighted by Crippen LogP contribution is -2.31. The van der Waals surface area contributed by atoms with E-state index in [0.717, 1.165) is 31.6 Å². The third kappa shape index (κ3) is 4.29. The zero-order valence-electron chi connectivity index (χ0n) is 13.5. The first-order valence-electron chi connectivity index (χ1n) is 8.41. The molecular weight excluding hydrogens is 258 g/mol. The molecular formula is C18H29N3. The monoisotopic (exact) mass is 287 g/mol. The fourth-order valence-corrected chi connectivity index (χ4v) is 3.27. The number of hydrogen-bond donors (Lipinski definition) is 1. The molecule has 0 spiro atoms. The van der Waals surface area contributed by atoms with E-state index in [0.29, 0.717) is 0 Å².